The molecule has 3 N–H and O–H groups in total. The molecule has 0 fully saturated rings. The molecule has 0 unspecified atom stereocenters. The molecule has 0 heterocycles. The summed E-state index contributed by atoms with van der Waals surface area (Å²) in [7, 11) is 0. The van der Waals surface area contributed by atoms with Gasteiger partial charge in [-0.3, -0.25) is 4.90 Å². The van der Waals surface area contributed by atoms with Crippen LogP contribution in [0.2, 0.25) is 0 Å². The first-order valence-corrected chi connectivity index (χ1v) is 6.41. The number of rotatable bonds is 7. The first kappa shape index (κ1) is 15.0. The third kappa shape index (κ3) is 4.01. The van der Waals surface area contributed by atoms with Crippen LogP contribution in [0.4, 0.5) is 4.39 Å². The van der Waals surface area contributed by atoms with Gasteiger partial charge in [0, 0.05) is 30.8 Å². The van der Waals surface area contributed by atoms with Crippen LogP contribution in [0.25, 0.3) is 0 Å². The van der Waals surface area contributed by atoms with E-state index in [2.05, 4.69) is 4.90 Å². The van der Waals surface area contributed by atoms with Crippen molar-refractivity contribution in [2.45, 2.75) is 19.9 Å². The topological polar surface area (TPSA) is 49.5 Å². The highest BCUT2D eigenvalue weighted by atomic mass is 32.1. The normalized spacial score (nSPS) is 10.9. The Morgan fingerprint density at radius 1 is 1.50 bits per heavy atom. The third-order valence-corrected chi connectivity index (χ3v) is 3.04. The predicted octanol–water partition coefficient (Wildman–Crippen LogP) is 1.66. The molecule has 1 rings (SSSR count). The number of thiocarbonyl (C=S) groups is 1. The van der Waals surface area contributed by atoms with Gasteiger partial charge >= 0.3 is 0 Å². The molecule has 0 radical (unpaired) electrons. The van der Waals surface area contributed by atoms with E-state index < -0.39 is 0 Å². The van der Waals surface area contributed by atoms with Crippen molar-refractivity contribution < 1.29 is 9.50 Å². The number of hydrogen-bond donors (Lipinski definition) is 2. The summed E-state index contributed by atoms with van der Waals surface area (Å²) < 4.78 is 14.1. The molecule has 0 amide bonds. The summed E-state index contributed by atoms with van der Waals surface area (Å²) in [5.74, 6) is -0.340. The molecule has 1 aromatic carbocycles. The van der Waals surface area contributed by atoms with Crippen molar-refractivity contribution in [1.29, 1.82) is 0 Å². The van der Waals surface area contributed by atoms with Gasteiger partial charge in [-0.2, -0.15) is 0 Å². The van der Waals surface area contributed by atoms with Crippen molar-refractivity contribution in [3.05, 3.63) is 35.1 Å². The molecule has 3 nitrogen and oxygen atoms in total. The maximum absolute atomic E-state index is 14.1. The Balaban J connectivity index is 2.83. The minimum Gasteiger partial charge on any atom is -0.396 e. The third-order valence-electron chi connectivity index (χ3n) is 2.82. The zero-order valence-corrected chi connectivity index (χ0v) is 11.3. The minimum atomic E-state index is -0.340. The molecular weight excluding hydrogens is 251 g/mol. The Bertz CT molecular complexity index is 412. The Kier molecular flexibility index (Phi) is 6.18. The van der Waals surface area contributed by atoms with E-state index in [1.165, 1.54) is 0 Å². The fourth-order valence-corrected chi connectivity index (χ4v) is 1.93. The first-order valence-electron chi connectivity index (χ1n) is 6.00. The maximum Gasteiger partial charge on any atom is 0.137 e. The molecule has 0 aromatic heterocycles. The van der Waals surface area contributed by atoms with E-state index in [9.17, 15) is 4.39 Å². The van der Waals surface area contributed by atoms with Crippen LogP contribution >= 0.6 is 12.2 Å². The van der Waals surface area contributed by atoms with Gasteiger partial charge in [-0.1, -0.05) is 31.3 Å². The van der Waals surface area contributed by atoms with Crippen LogP contribution in [0.5, 0.6) is 0 Å². The summed E-state index contributed by atoms with van der Waals surface area (Å²) in [5, 5.41) is 8.81. The predicted molar refractivity (Wildman–Crippen MR) is 74.9 cm³/mol. The van der Waals surface area contributed by atoms with Crippen LogP contribution in [-0.4, -0.2) is 34.7 Å². The van der Waals surface area contributed by atoms with Gasteiger partial charge in [0.15, 0.2) is 0 Å². The molecule has 18 heavy (non-hydrogen) atoms. The Labute approximate surface area is 112 Å². The van der Waals surface area contributed by atoms with Gasteiger partial charge in [0.2, 0.25) is 0 Å². The van der Waals surface area contributed by atoms with Crippen LogP contribution in [0.3, 0.4) is 0 Å². The van der Waals surface area contributed by atoms with E-state index in [1.807, 2.05) is 6.92 Å². The quantitative estimate of drug-likeness (QED) is 0.740. The van der Waals surface area contributed by atoms with Crippen LogP contribution in [0.15, 0.2) is 18.2 Å². The summed E-state index contributed by atoms with van der Waals surface area (Å²) >= 11 is 4.81. The lowest BCUT2D eigenvalue weighted by Gasteiger charge is -2.20. The second-order valence-electron chi connectivity index (χ2n) is 4.09. The molecule has 5 heteroatoms. The summed E-state index contributed by atoms with van der Waals surface area (Å²) in [6, 6.07) is 5.08. The number of hydrogen-bond acceptors (Lipinski definition) is 3. The highest BCUT2D eigenvalue weighted by Crippen LogP contribution is 2.15. The summed E-state index contributed by atoms with van der Waals surface area (Å²) in [6.07, 6.45) is 0.685. The molecule has 0 spiro atoms. The number of aliphatic hydroxyl groups is 1. The van der Waals surface area contributed by atoms with Gasteiger partial charge in [0.05, 0.1) is 0 Å². The van der Waals surface area contributed by atoms with E-state index in [0.717, 1.165) is 13.1 Å². The van der Waals surface area contributed by atoms with E-state index in [0.29, 0.717) is 24.1 Å². The highest BCUT2D eigenvalue weighted by molar-refractivity contribution is 7.80. The smallest absolute Gasteiger partial charge is 0.137 e. The molecule has 0 aliphatic rings. The fourth-order valence-electron chi connectivity index (χ4n) is 1.78. The van der Waals surface area contributed by atoms with Gasteiger partial charge in [0.25, 0.3) is 0 Å². The standard InChI is InChI=1S/C13H19FN2OS/c1-2-16(7-4-8-17)9-10-5-3-6-11(12(10)14)13(15)18/h3,5-6,17H,2,4,7-9H2,1H3,(H2,15,18). The van der Waals surface area contributed by atoms with Crippen molar-refractivity contribution >= 4 is 17.2 Å². The van der Waals surface area contributed by atoms with Gasteiger partial charge in [0.1, 0.15) is 10.8 Å². The summed E-state index contributed by atoms with van der Waals surface area (Å²) in [6.45, 7) is 4.19. The molecule has 0 bridgehead atoms. The van der Waals surface area contributed by atoms with Crippen LogP contribution in [0.1, 0.15) is 24.5 Å². The molecule has 0 aliphatic heterocycles. The number of nitrogens with zero attached hydrogens (tertiary/aromatic N) is 1. The molecule has 1 aromatic rings. The highest BCUT2D eigenvalue weighted by Gasteiger charge is 2.12. The molecule has 0 atom stereocenters. The monoisotopic (exact) mass is 270 g/mol. The van der Waals surface area contributed by atoms with Crippen LogP contribution in [-0.2, 0) is 6.54 Å². The van der Waals surface area contributed by atoms with Crippen molar-refractivity contribution in [1.82, 2.24) is 4.90 Å². The average molecular weight is 270 g/mol. The van der Waals surface area contributed by atoms with E-state index in [4.69, 9.17) is 23.1 Å². The van der Waals surface area contributed by atoms with Crippen molar-refractivity contribution in [2.24, 2.45) is 5.73 Å². The van der Waals surface area contributed by atoms with Crippen molar-refractivity contribution in [3.63, 3.8) is 0 Å². The first-order chi connectivity index (χ1) is 8.60. The lowest BCUT2D eigenvalue weighted by molar-refractivity contribution is 0.223. The molecule has 0 saturated carbocycles. The Hall–Kier alpha value is -1.04. The summed E-state index contributed by atoms with van der Waals surface area (Å²) in [5.41, 5.74) is 6.35. The molecule has 0 aliphatic carbocycles. The van der Waals surface area contributed by atoms with Crippen molar-refractivity contribution in [3.8, 4) is 0 Å². The van der Waals surface area contributed by atoms with E-state index in [-0.39, 0.29) is 17.4 Å². The van der Waals surface area contributed by atoms with Gasteiger partial charge in [-0.25, -0.2) is 4.39 Å². The minimum absolute atomic E-state index is 0.0766. The number of benzene rings is 1. The van der Waals surface area contributed by atoms with Gasteiger partial charge in [-0.15, -0.1) is 0 Å². The van der Waals surface area contributed by atoms with E-state index in [1.54, 1.807) is 18.2 Å². The fraction of sp³-hybridized carbons (Fsp3) is 0.462. The lowest BCUT2D eigenvalue weighted by Crippen LogP contribution is -2.25. The van der Waals surface area contributed by atoms with Crippen molar-refractivity contribution in [2.75, 3.05) is 19.7 Å². The Morgan fingerprint density at radius 3 is 2.78 bits per heavy atom. The average Bonchev–Trinajstić information content (AvgIpc) is 2.36. The zero-order chi connectivity index (χ0) is 13.5. The maximum atomic E-state index is 14.1. The van der Waals surface area contributed by atoms with E-state index >= 15 is 0 Å². The SMILES string of the molecule is CCN(CCCO)Cc1cccc(C(N)=S)c1F. The zero-order valence-electron chi connectivity index (χ0n) is 10.5. The molecule has 0 saturated heterocycles. The number of halogens is 1. The van der Waals surface area contributed by atoms with Crippen LogP contribution < -0.4 is 5.73 Å². The molecule has 100 valence electrons. The second-order valence-corrected chi connectivity index (χ2v) is 4.53. The number of aliphatic hydroxyl groups excluding tert-OH is 1. The van der Waals surface area contributed by atoms with Gasteiger partial charge in [-0.05, 0) is 19.0 Å². The lowest BCUT2D eigenvalue weighted by atomic mass is 10.1. The van der Waals surface area contributed by atoms with Crippen LogP contribution in [0, 0.1) is 5.82 Å². The molecular formula is C13H19FN2OS. The number of nitrogens with two attached hydrogens (primary N) is 1. The second kappa shape index (κ2) is 7.41. The largest absolute Gasteiger partial charge is 0.396 e. The Morgan fingerprint density at radius 2 is 2.22 bits per heavy atom. The van der Waals surface area contributed by atoms with Gasteiger partial charge < -0.3 is 10.8 Å². The summed E-state index contributed by atoms with van der Waals surface area (Å²) in [4.78, 5) is 2.14.